The van der Waals surface area contributed by atoms with Crippen molar-refractivity contribution in [2.75, 3.05) is 0 Å². The molecule has 0 fully saturated rings. The van der Waals surface area contributed by atoms with Crippen LogP contribution < -0.4 is 0 Å². The zero-order valence-electron chi connectivity index (χ0n) is 12.3. The molecule has 2 rings (SSSR count). The maximum atomic E-state index is 11.1. The summed E-state index contributed by atoms with van der Waals surface area (Å²) in [5.74, 6) is -0.376. The molecule has 8 nitrogen and oxygen atoms in total. The fourth-order valence-electron chi connectivity index (χ4n) is 2.21. The normalized spacial score (nSPS) is 13.1. The van der Waals surface area contributed by atoms with Crippen LogP contribution in [0.2, 0.25) is 0 Å². The first kappa shape index (κ1) is 15.0. The van der Waals surface area contributed by atoms with E-state index in [1.807, 2.05) is 0 Å². The topological polar surface area (TPSA) is 107 Å². The molecule has 1 atom stereocenters. The summed E-state index contributed by atoms with van der Waals surface area (Å²) in [5.41, 5.74) is 0.666. The summed E-state index contributed by atoms with van der Waals surface area (Å²) in [6.45, 7) is 6.17. The van der Waals surface area contributed by atoms with Crippen LogP contribution in [-0.2, 0) is 4.79 Å². The van der Waals surface area contributed by atoms with E-state index in [9.17, 15) is 4.79 Å². The highest BCUT2D eigenvalue weighted by atomic mass is 16.4. The van der Waals surface area contributed by atoms with Crippen LogP contribution >= 0.6 is 0 Å². The first-order valence-corrected chi connectivity index (χ1v) is 6.63. The Kier molecular flexibility index (Phi) is 4.25. The second-order valence-corrected chi connectivity index (χ2v) is 6.09. The van der Waals surface area contributed by atoms with Crippen LogP contribution in [0, 0.1) is 5.41 Å². The van der Waals surface area contributed by atoms with E-state index in [4.69, 9.17) is 5.11 Å². The van der Waals surface area contributed by atoms with Crippen molar-refractivity contribution in [3.8, 4) is 11.4 Å². The fourth-order valence-corrected chi connectivity index (χ4v) is 2.21. The summed E-state index contributed by atoms with van der Waals surface area (Å²) in [6.07, 6.45) is 3.71. The van der Waals surface area contributed by atoms with Crippen molar-refractivity contribution in [3.05, 3.63) is 18.5 Å². The van der Waals surface area contributed by atoms with Gasteiger partial charge in [-0.05, 0) is 28.3 Å². The van der Waals surface area contributed by atoms with Crippen molar-refractivity contribution >= 4 is 5.97 Å². The maximum Gasteiger partial charge on any atom is 0.305 e. The molecular formula is C13H18N6O2. The van der Waals surface area contributed by atoms with Gasteiger partial charge in [0.2, 0.25) is 0 Å². The average molecular weight is 290 g/mol. The Labute approximate surface area is 122 Å². The summed E-state index contributed by atoms with van der Waals surface area (Å²) in [4.78, 5) is 11.1. The van der Waals surface area contributed by atoms with Gasteiger partial charge in [0.1, 0.15) is 0 Å². The van der Waals surface area contributed by atoms with E-state index in [-0.39, 0.29) is 17.9 Å². The molecule has 0 saturated heterocycles. The van der Waals surface area contributed by atoms with E-state index >= 15 is 0 Å². The van der Waals surface area contributed by atoms with Crippen LogP contribution in [0.3, 0.4) is 0 Å². The van der Waals surface area contributed by atoms with E-state index in [0.717, 1.165) is 0 Å². The molecule has 0 aromatic carbocycles. The molecule has 1 unspecified atom stereocenters. The summed E-state index contributed by atoms with van der Waals surface area (Å²) in [5, 5.41) is 28.3. The lowest BCUT2D eigenvalue weighted by molar-refractivity contribution is -0.138. The number of carboxylic acid groups (broad SMARTS) is 1. The van der Waals surface area contributed by atoms with Gasteiger partial charge in [-0.2, -0.15) is 10.2 Å². The van der Waals surface area contributed by atoms with Gasteiger partial charge in [0.05, 0.1) is 24.9 Å². The summed E-state index contributed by atoms with van der Waals surface area (Å²) >= 11 is 0. The Hall–Kier alpha value is -2.38. The third-order valence-electron chi connectivity index (χ3n) is 2.94. The van der Waals surface area contributed by atoms with Crippen LogP contribution in [0.4, 0.5) is 0 Å². The van der Waals surface area contributed by atoms with E-state index in [1.165, 1.54) is 0 Å². The molecule has 0 bridgehead atoms. The van der Waals surface area contributed by atoms with Gasteiger partial charge < -0.3 is 5.11 Å². The Morgan fingerprint density at radius 2 is 2.14 bits per heavy atom. The standard InChI is InChI=1S/C13H18N6O2/c1-13(2,3)7-10(6-11(20)21)19-12(16-17-18-19)9-4-5-14-15-8-9/h4-5,8,10H,6-7H2,1-3H3,(H,20,21). The Bertz CT molecular complexity index is 605. The summed E-state index contributed by atoms with van der Waals surface area (Å²) < 4.78 is 1.57. The molecule has 21 heavy (non-hydrogen) atoms. The van der Waals surface area contributed by atoms with E-state index in [1.54, 1.807) is 23.1 Å². The molecule has 0 aliphatic carbocycles. The smallest absolute Gasteiger partial charge is 0.305 e. The number of nitrogens with zero attached hydrogens (tertiary/aromatic N) is 6. The third kappa shape index (κ3) is 4.04. The molecule has 0 aliphatic heterocycles. The molecule has 112 valence electrons. The lowest BCUT2D eigenvalue weighted by Gasteiger charge is -2.25. The highest BCUT2D eigenvalue weighted by molar-refractivity contribution is 5.67. The van der Waals surface area contributed by atoms with Crippen molar-refractivity contribution < 1.29 is 9.90 Å². The molecule has 1 N–H and O–H groups in total. The number of aliphatic carboxylic acids is 1. The lowest BCUT2D eigenvalue weighted by atomic mass is 9.87. The molecule has 0 aliphatic rings. The van der Waals surface area contributed by atoms with Gasteiger partial charge in [-0.1, -0.05) is 20.8 Å². The van der Waals surface area contributed by atoms with Gasteiger partial charge in [-0.15, -0.1) is 5.10 Å². The van der Waals surface area contributed by atoms with Crippen molar-refractivity contribution in [1.82, 2.24) is 30.4 Å². The predicted octanol–water partition coefficient (Wildman–Crippen LogP) is 1.58. The number of carboxylic acids is 1. The van der Waals surface area contributed by atoms with Gasteiger partial charge in [0, 0.05) is 5.56 Å². The Morgan fingerprint density at radius 3 is 2.71 bits per heavy atom. The minimum Gasteiger partial charge on any atom is -0.481 e. The zero-order chi connectivity index (χ0) is 15.5. The number of hydrogen-bond acceptors (Lipinski definition) is 6. The molecule has 0 radical (unpaired) electrons. The van der Waals surface area contributed by atoms with Crippen LogP contribution in [0.25, 0.3) is 11.4 Å². The molecule has 0 amide bonds. The SMILES string of the molecule is CC(C)(C)CC(CC(=O)O)n1nnnc1-c1ccnnc1. The van der Waals surface area contributed by atoms with E-state index in [2.05, 4.69) is 46.5 Å². The molecule has 8 heteroatoms. The van der Waals surface area contributed by atoms with Crippen molar-refractivity contribution in [2.24, 2.45) is 5.41 Å². The van der Waals surface area contributed by atoms with Gasteiger partial charge in [-0.25, -0.2) is 4.68 Å². The van der Waals surface area contributed by atoms with Gasteiger partial charge in [0.15, 0.2) is 5.82 Å². The predicted molar refractivity (Wildman–Crippen MR) is 74.2 cm³/mol. The average Bonchev–Trinajstić information content (AvgIpc) is 2.86. The molecule has 0 saturated carbocycles. The number of tetrazole rings is 1. The van der Waals surface area contributed by atoms with Crippen LogP contribution in [0.5, 0.6) is 0 Å². The molecule has 2 aromatic rings. The lowest BCUT2D eigenvalue weighted by Crippen LogP contribution is -2.22. The van der Waals surface area contributed by atoms with Gasteiger partial charge in [-0.3, -0.25) is 4.79 Å². The quantitative estimate of drug-likeness (QED) is 0.890. The maximum absolute atomic E-state index is 11.1. The molecule has 2 aromatic heterocycles. The van der Waals surface area contributed by atoms with Crippen LogP contribution in [0.1, 0.15) is 39.7 Å². The fraction of sp³-hybridized carbons (Fsp3) is 0.538. The number of hydrogen-bond donors (Lipinski definition) is 1. The monoisotopic (exact) mass is 290 g/mol. The minimum absolute atomic E-state index is 0.0339. The number of aromatic nitrogens is 6. The third-order valence-corrected chi connectivity index (χ3v) is 2.94. The number of rotatable bonds is 5. The zero-order valence-corrected chi connectivity index (χ0v) is 12.3. The van der Waals surface area contributed by atoms with Crippen molar-refractivity contribution in [3.63, 3.8) is 0 Å². The largest absolute Gasteiger partial charge is 0.481 e. The highest BCUT2D eigenvalue weighted by Crippen LogP contribution is 2.31. The molecule has 0 spiro atoms. The minimum atomic E-state index is -0.876. The van der Waals surface area contributed by atoms with E-state index in [0.29, 0.717) is 17.8 Å². The van der Waals surface area contributed by atoms with Crippen LogP contribution in [-0.4, -0.2) is 41.5 Å². The van der Waals surface area contributed by atoms with Gasteiger partial charge in [0.25, 0.3) is 0 Å². The van der Waals surface area contributed by atoms with Crippen molar-refractivity contribution in [1.29, 1.82) is 0 Å². The number of carbonyl (C=O) groups is 1. The van der Waals surface area contributed by atoms with Crippen molar-refractivity contribution in [2.45, 2.75) is 39.7 Å². The second kappa shape index (κ2) is 5.94. The summed E-state index contributed by atoms with van der Waals surface area (Å²) in [7, 11) is 0. The molecule has 2 heterocycles. The van der Waals surface area contributed by atoms with Crippen LogP contribution in [0.15, 0.2) is 18.5 Å². The van der Waals surface area contributed by atoms with E-state index < -0.39 is 5.97 Å². The highest BCUT2D eigenvalue weighted by Gasteiger charge is 2.26. The first-order valence-electron chi connectivity index (χ1n) is 6.63. The van der Waals surface area contributed by atoms with Gasteiger partial charge >= 0.3 is 5.97 Å². The molecular weight excluding hydrogens is 272 g/mol. The first-order chi connectivity index (χ1) is 9.87. The Balaban J connectivity index is 2.37. The second-order valence-electron chi connectivity index (χ2n) is 6.09. The Morgan fingerprint density at radius 1 is 1.38 bits per heavy atom. The summed E-state index contributed by atoms with van der Waals surface area (Å²) in [6, 6.07) is 1.42.